The van der Waals surface area contributed by atoms with E-state index in [2.05, 4.69) is 20.3 Å². The molecule has 1 aliphatic carbocycles. The van der Waals surface area contributed by atoms with Crippen molar-refractivity contribution in [3.05, 3.63) is 42.1 Å². The number of halogens is 5. The Morgan fingerprint density at radius 1 is 1.13 bits per heavy atom. The summed E-state index contributed by atoms with van der Waals surface area (Å²) in [5, 5.41) is 21.5. The molecule has 6 nitrogen and oxygen atoms in total. The Hall–Kier alpha value is -2.95. The molecule has 1 fully saturated rings. The topological polar surface area (TPSA) is 71.7 Å². The molecular formula is C20H19F5N4O2. The fourth-order valence-corrected chi connectivity index (χ4v) is 3.78. The van der Waals surface area contributed by atoms with E-state index in [1.54, 1.807) is 22.7 Å². The number of fused-ring (bicyclic) bond motifs is 1. The molecule has 0 aliphatic heterocycles. The zero-order valence-corrected chi connectivity index (χ0v) is 16.1. The molecule has 2 heterocycles. The molecule has 0 spiro atoms. The molecule has 2 atom stereocenters. The van der Waals surface area contributed by atoms with Gasteiger partial charge < -0.3 is 15.2 Å². The average Bonchev–Trinajstić information content (AvgIpc) is 3.19. The van der Waals surface area contributed by atoms with E-state index in [0.29, 0.717) is 24.0 Å². The number of nitrogens with zero attached hydrogens (tertiary/aromatic N) is 3. The van der Waals surface area contributed by atoms with Crippen molar-refractivity contribution in [3.63, 3.8) is 0 Å². The number of nitrogens with one attached hydrogen (secondary N) is 1. The second-order valence-corrected chi connectivity index (χ2v) is 7.33. The van der Waals surface area contributed by atoms with Crippen LogP contribution in [0.25, 0.3) is 16.8 Å². The van der Waals surface area contributed by atoms with Crippen molar-refractivity contribution in [2.24, 2.45) is 0 Å². The number of hydrogen-bond donors (Lipinski definition) is 2. The van der Waals surface area contributed by atoms with Gasteiger partial charge in [0, 0.05) is 11.8 Å². The zero-order chi connectivity index (χ0) is 22.2. The predicted molar refractivity (Wildman–Crippen MR) is 102 cm³/mol. The Labute approximate surface area is 173 Å². The van der Waals surface area contributed by atoms with Gasteiger partial charge in [-0.1, -0.05) is 12.8 Å². The Kier molecular flexibility index (Phi) is 5.69. The van der Waals surface area contributed by atoms with Crippen molar-refractivity contribution in [1.82, 2.24) is 14.6 Å². The molecule has 1 aromatic carbocycles. The van der Waals surface area contributed by atoms with Crippen LogP contribution in [0, 0.1) is 0 Å². The van der Waals surface area contributed by atoms with E-state index in [9.17, 15) is 27.1 Å². The highest BCUT2D eigenvalue weighted by atomic mass is 19.4. The molecule has 0 radical (unpaired) electrons. The van der Waals surface area contributed by atoms with Gasteiger partial charge in [-0.2, -0.15) is 22.0 Å². The maximum absolute atomic E-state index is 13.0. The maximum atomic E-state index is 13.0. The molecule has 1 aliphatic rings. The standard InChI is InChI=1S/C20H19F5N4O2/c21-18(22)31-16-10-11(20(23,24)25)7-8-12(16)17-14-5-3-9-29(14)19(28-27-17)26-13-4-1-2-6-15(13)30/h3,5,7-10,13,15,18,30H,1-2,4,6H2,(H,26,28)/t13-,15-/m0/s1. The minimum Gasteiger partial charge on any atom is -0.434 e. The second kappa shape index (κ2) is 8.29. The molecule has 0 bridgehead atoms. The van der Waals surface area contributed by atoms with Gasteiger partial charge in [0.05, 0.1) is 23.2 Å². The van der Waals surface area contributed by atoms with Gasteiger partial charge in [0.25, 0.3) is 0 Å². The molecule has 0 saturated heterocycles. The van der Waals surface area contributed by atoms with Crippen molar-refractivity contribution in [2.75, 3.05) is 5.32 Å². The minimum atomic E-state index is -4.72. The SMILES string of the molecule is O[C@H]1CCCC[C@@H]1Nc1nnc(-c2ccc(C(F)(F)F)cc2OC(F)F)c2cccn12. The number of aromatic nitrogens is 3. The summed E-state index contributed by atoms with van der Waals surface area (Å²) in [4.78, 5) is 0. The fraction of sp³-hybridized carbons (Fsp3) is 0.400. The third-order valence-corrected chi connectivity index (χ3v) is 5.29. The maximum Gasteiger partial charge on any atom is 0.416 e. The van der Waals surface area contributed by atoms with Crippen LogP contribution in [0.2, 0.25) is 0 Å². The van der Waals surface area contributed by atoms with Crippen LogP contribution in [0.1, 0.15) is 31.2 Å². The predicted octanol–water partition coefficient (Wildman–Crippen LogP) is 4.73. The number of hydrogen-bond acceptors (Lipinski definition) is 5. The van der Waals surface area contributed by atoms with Gasteiger partial charge >= 0.3 is 12.8 Å². The molecule has 1 saturated carbocycles. The average molecular weight is 442 g/mol. The number of anilines is 1. The Bertz CT molecular complexity index is 1070. The van der Waals surface area contributed by atoms with Crippen molar-refractivity contribution in [3.8, 4) is 17.0 Å². The van der Waals surface area contributed by atoms with E-state index < -0.39 is 30.2 Å². The molecule has 0 amide bonds. The summed E-state index contributed by atoms with van der Waals surface area (Å²) in [5.74, 6) is -0.316. The summed E-state index contributed by atoms with van der Waals surface area (Å²) in [5.41, 5.74) is -0.643. The van der Waals surface area contributed by atoms with Gasteiger partial charge in [-0.25, -0.2) is 0 Å². The summed E-state index contributed by atoms with van der Waals surface area (Å²) in [6.07, 6.45) is -0.303. The monoisotopic (exact) mass is 442 g/mol. The number of alkyl halides is 5. The van der Waals surface area contributed by atoms with E-state index in [4.69, 9.17) is 0 Å². The van der Waals surface area contributed by atoms with E-state index in [1.807, 2.05) is 0 Å². The lowest BCUT2D eigenvalue weighted by Gasteiger charge is -2.28. The number of aliphatic hydroxyl groups excluding tert-OH is 1. The zero-order valence-electron chi connectivity index (χ0n) is 16.1. The molecular weight excluding hydrogens is 423 g/mol. The summed E-state index contributed by atoms with van der Waals surface area (Å²) in [6.45, 7) is -3.31. The highest BCUT2D eigenvalue weighted by Gasteiger charge is 2.32. The first-order valence-corrected chi connectivity index (χ1v) is 9.69. The lowest BCUT2D eigenvalue weighted by atomic mass is 9.93. The second-order valence-electron chi connectivity index (χ2n) is 7.33. The van der Waals surface area contributed by atoms with Gasteiger partial charge in [0.2, 0.25) is 5.95 Å². The number of aliphatic hydroxyl groups is 1. The lowest BCUT2D eigenvalue weighted by molar-refractivity contribution is -0.138. The highest BCUT2D eigenvalue weighted by Crippen LogP contribution is 2.38. The molecule has 2 aromatic heterocycles. The van der Waals surface area contributed by atoms with Crippen LogP contribution < -0.4 is 10.1 Å². The molecule has 11 heteroatoms. The van der Waals surface area contributed by atoms with Crippen molar-refractivity contribution in [1.29, 1.82) is 0 Å². The van der Waals surface area contributed by atoms with Crippen LogP contribution in [-0.2, 0) is 6.18 Å². The molecule has 3 aromatic rings. The van der Waals surface area contributed by atoms with Gasteiger partial charge in [-0.05, 0) is 43.2 Å². The Balaban J connectivity index is 1.76. The van der Waals surface area contributed by atoms with E-state index >= 15 is 0 Å². The number of rotatable bonds is 5. The van der Waals surface area contributed by atoms with Crippen molar-refractivity contribution in [2.45, 2.75) is 50.6 Å². The summed E-state index contributed by atoms with van der Waals surface area (Å²) in [6, 6.07) is 5.42. The summed E-state index contributed by atoms with van der Waals surface area (Å²) in [7, 11) is 0. The summed E-state index contributed by atoms with van der Waals surface area (Å²) >= 11 is 0. The van der Waals surface area contributed by atoms with Gasteiger partial charge in [-0.15, -0.1) is 10.2 Å². The molecule has 166 valence electrons. The van der Waals surface area contributed by atoms with Crippen LogP contribution >= 0.6 is 0 Å². The molecule has 0 unspecified atom stereocenters. The van der Waals surface area contributed by atoms with E-state index in [0.717, 1.165) is 31.4 Å². The van der Waals surface area contributed by atoms with Gasteiger partial charge in [0.1, 0.15) is 11.4 Å². The summed E-state index contributed by atoms with van der Waals surface area (Å²) < 4.78 is 70.9. The lowest BCUT2D eigenvalue weighted by Crippen LogP contribution is -2.37. The first-order chi connectivity index (χ1) is 14.7. The third-order valence-electron chi connectivity index (χ3n) is 5.29. The van der Waals surface area contributed by atoms with Crippen LogP contribution in [0.3, 0.4) is 0 Å². The Morgan fingerprint density at radius 2 is 1.90 bits per heavy atom. The van der Waals surface area contributed by atoms with Crippen LogP contribution in [-0.4, -0.2) is 38.5 Å². The largest absolute Gasteiger partial charge is 0.434 e. The van der Waals surface area contributed by atoms with Gasteiger partial charge in [0.15, 0.2) is 0 Å². The third kappa shape index (κ3) is 4.41. The molecule has 4 rings (SSSR count). The number of benzene rings is 1. The van der Waals surface area contributed by atoms with E-state index in [1.165, 1.54) is 0 Å². The first kappa shape index (κ1) is 21.3. The van der Waals surface area contributed by atoms with Crippen molar-refractivity contribution >= 4 is 11.5 Å². The smallest absolute Gasteiger partial charge is 0.416 e. The van der Waals surface area contributed by atoms with Crippen molar-refractivity contribution < 1.29 is 31.8 Å². The molecule has 2 N–H and O–H groups in total. The quantitative estimate of drug-likeness (QED) is 0.559. The first-order valence-electron chi connectivity index (χ1n) is 9.69. The van der Waals surface area contributed by atoms with Crippen LogP contribution in [0.15, 0.2) is 36.5 Å². The normalized spacial score (nSPS) is 19.7. The van der Waals surface area contributed by atoms with Gasteiger partial charge in [-0.3, -0.25) is 4.40 Å². The Morgan fingerprint density at radius 3 is 2.61 bits per heavy atom. The fourth-order valence-electron chi connectivity index (χ4n) is 3.78. The van der Waals surface area contributed by atoms with Crippen LogP contribution in [0.5, 0.6) is 5.75 Å². The minimum absolute atomic E-state index is 0.0475. The highest BCUT2D eigenvalue weighted by molar-refractivity contribution is 5.81. The van der Waals surface area contributed by atoms with E-state index in [-0.39, 0.29) is 17.3 Å². The number of ether oxygens (including phenoxy) is 1. The molecule has 31 heavy (non-hydrogen) atoms. The van der Waals surface area contributed by atoms with Crippen LogP contribution in [0.4, 0.5) is 27.9 Å².